The van der Waals surface area contributed by atoms with Crippen LogP contribution >= 0.6 is 0 Å². The maximum Gasteiger partial charge on any atom is 0.270 e. The van der Waals surface area contributed by atoms with Gasteiger partial charge in [-0.25, -0.2) is 4.39 Å². The Balaban J connectivity index is 1.62. The van der Waals surface area contributed by atoms with E-state index in [0.717, 1.165) is 42.4 Å². The maximum atomic E-state index is 13.2. The number of amides is 1. The molecule has 1 amide bonds. The first-order chi connectivity index (χ1) is 11.7. The number of aromatic amines is 1. The molecule has 0 saturated carbocycles. The fraction of sp³-hybridized carbons (Fsp3) is 0.263. The number of hydrogen-bond donors (Lipinski definition) is 1. The summed E-state index contributed by atoms with van der Waals surface area (Å²) in [6.07, 6.45) is 6.88. The topological polar surface area (TPSA) is 49.0 Å². The second kappa shape index (κ2) is 6.07. The number of H-pyrrole nitrogens is 1. The van der Waals surface area contributed by atoms with Gasteiger partial charge in [-0.3, -0.25) is 9.78 Å². The molecule has 1 saturated heterocycles. The second-order valence-electron chi connectivity index (χ2n) is 6.22. The van der Waals surface area contributed by atoms with Crippen LogP contribution in [0.3, 0.4) is 0 Å². The summed E-state index contributed by atoms with van der Waals surface area (Å²) in [5.74, 6) is -0.240. The number of likely N-dealkylation sites (tertiary alicyclic amines) is 1. The summed E-state index contributed by atoms with van der Waals surface area (Å²) in [7, 11) is 0. The van der Waals surface area contributed by atoms with Gasteiger partial charge >= 0.3 is 0 Å². The fourth-order valence-electron chi connectivity index (χ4n) is 3.20. The van der Waals surface area contributed by atoms with Crippen molar-refractivity contribution < 1.29 is 9.18 Å². The van der Waals surface area contributed by atoms with Gasteiger partial charge in [-0.15, -0.1) is 0 Å². The minimum atomic E-state index is -0.293. The highest BCUT2D eigenvalue weighted by molar-refractivity contribution is 5.94. The van der Waals surface area contributed by atoms with Crippen LogP contribution in [-0.2, 0) is 0 Å². The Morgan fingerprint density at radius 1 is 1.08 bits per heavy atom. The van der Waals surface area contributed by atoms with Crippen LogP contribution < -0.4 is 0 Å². The second-order valence-corrected chi connectivity index (χ2v) is 6.22. The number of nitrogens with zero attached hydrogens (tertiary/aromatic N) is 2. The van der Waals surface area contributed by atoms with Crippen molar-refractivity contribution in [1.29, 1.82) is 0 Å². The molecule has 5 heteroatoms. The molecule has 4 nitrogen and oxygen atoms in total. The van der Waals surface area contributed by atoms with Crippen molar-refractivity contribution in [2.75, 3.05) is 13.1 Å². The van der Waals surface area contributed by atoms with Crippen molar-refractivity contribution in [3.63, 3.8) is 0 Å². The van der Waals surface area contributed by atoms with E-state index in [1.54, 1.807) is 12.3 Å². The normalized spacial score (nSPS) is 15.0. The molecule has 3 aromatic rings. The van der Waals surface area contributed by atoms with Crippen LogP contribution in [0.4, 0.5) is 4.39 Å². The van der Waals surface area contributed by atoms with Gasteiger partial charge in [0.25, 0.3) is 5.91 Å². The first kappa shape index (κ1) is 14.9. The molecule has 1 aromatic carbocycles. The number of fused-ring (bicyclic) bond motifs is 1. The minimum absolute atomic E-state index is 0.0526. The highest BCUT2D eigenvalue weighted by Gasteiger charge is 2.19. The number of nitrogens with one attached hydrogen (secondary N) is 1. The molecule has 4 rings (SSSR count). The Kier molecular flexibility index (Phi) is 3.76. The fourth-order valence-corrected chi connectivity index (χ4v) is 3.20. The summed E-state index contributed by atoms with van der Waals surface area (Å²) in [5.41, 5.74) is 3.04. The lowest BCUT2D eigenvalue weighted by atomic mass is 10.1. The molecule has 0 bridgehead atoms. The van der Waals surface area contributed by atoms with E-state index in [0.29, 0.717) is 11.2 Å². The Morgan fingerprint density at radius 3 is 2.75 bits per heavy atom. The van der Waals surface area contributed by atoms with E-state index in [2.05, 4.69) is 9.97 Å². The number of carbonyl (C=O) groups is 1. The zero-order chi connectivity index (χ0) is 16.5. The average molecular weight is 323 g/mol. The maximum absolute atomic E-state index is 13.2. The average Bonchev–Trinajstić information content (AvgIpc) is 3.11. The molecule has 0 atom stereocenters. The van der Waals surface area contributed by atoms with Gasteiger partial charge in [0.15, 0.2) is 0 Å². The van der Waals surface area contributed by atoms with E-state index < -0.39 is 0 Å². The SMILES string of the molecule is O=C(c1cc(-c2cnc3cc(F)ccc3c2)c[nH]1)N1CCCCC1. The smallest absolute Gasteiger partial charge is 0.270 e. The third-order valence-electron chi connectivity index (χ3n) is 4.54. The molecular weight excluding hydrogens is 305 g/mol. The van der Waals surface area contributed by atoms with E-state index in [-0.39, 0.29) is 11.7 Å². The molecule has 24 heavy (non-hydrogen) atoms. The summed E-state index contributed by atoms with van der Waals surface area (Å²) in [6, 6.07) is 8.38. The number of piperidine rings is 1. The van der Waals surface area contributed by atoms with Crippen LogP contribution in [0.1, 0.15) is 29.8 Å². The summed E-state index contributed by atoms with van der Waals surface area (Å²) in [5, 5.41) is 0.874. The zero-order valence-corrected chi connectivity index (χ0v) is 13.3. The number of halogens is 1. The Bertz CT molecular complexity index is 897. The molecule has 0 spiro atoms. The molecule has 0 aliphatic carbocycles. The molecule has 2 aromatic heterocycles. The molecule has 1 N–H and O–H groups in total. The van der Waals surface area contributed by atoms with Crippen LogP contribution in [0.5, 0.6) is 0 Å². The molecule has 1 aliphatic heterocycles. The predicted molar refractivity (Wildman–Crippen MR) is 91.2 cm³/mol. The van der Waals surface area contributed by atoms with Gasteiger partial charge < -0.3 is 9.88 Å². The van der Waals surface area contributed by atoms with Crippen molar-refractivity contribution in [2.45, 2.75) is 19.3 Å². The minimum Gasteiger partial charge on any atom is -0.357 e. The van der Waals surface area contributed by atoms with Crippen LogP contribution in [0, 0.1) is 5.82 Å². The van der Waals surface area contributed by atoms with Gasteiger partial charge in [0.2, 0.25) is 0 Å². The highest BCUT2D eigenvalue weighted by atomic mass is 19.1. The summed E-state index contributed by atoms with van der Waals surface area (Å²) in [4.78, 5) is 21.8. The lowest BCUT2D eigenvalue weighted by Gasteiger charge is -2.26. The van der Waals surface area contributed by atoms with Gasteiger partial charge in [0.1, 0.15) is 11.5 Å². The standard InChI is InChI=1S/C19H18FN3O/c20-16-5-4-13-8-14(11-21-17(13)10-16)15-9-18(22-12-15)19(24)23-6-2-1-3-7-23/h4-5,8-12,22H,1-3,6-7H2. The van der Waals surface area contributed by atoms with Gasteiger partial charge in [-0.2, -0.15) is 0 Å². The molecule has 3 heterocycles. The molecule has 122 valence electrons. The van der Waals surface area contributed by atoms with Crippen molar-refractivity contribution in [1.82, 2.24) is 14.9 Å². The molecule has 0 radical (unpaired) electrons. The molecule has 1 fully saturated rings. The third-order valence-corrected chi connectivity index (χ3v) is 4.54. The number of benzene rings is 1. The lowest BCUT2D eigenvalue weighted by molar-refractivity contribution is 0.0719. The molecular formula is C19H18FN3O. The van der Waals surface area contributed by atoms with E-state index in [9.17, 15) is 9.18 Å². The Labute approximate surface area is 139 Å². The molecule has 1 aliphatic rings. The highest BCUT2D eigenvalue weighted by Crippen LogP contribution is 2.24. The van der Waals surface area contributed by atoms with Crippen molar-refractivity contribution in [3.8, 4) is 11.1 Å². The third kappa shape index (κ3) is 2.77. The van der Waals surface area contributed by atoms with Crippen LogP contribution in [0.15, 0.2) is 42.7 Å². The zero-order valence-electron chi connectivity index (χ0n) is 13.3. The Hall–Kier alpha value is -2.69. The summed E-state index contributed by atoms with van der Waals surface area (Å²) < 4.78 is 13.2. The lowest BCUT2D eigenvalue weighted by Crippen LogP contribution is -2.35. The Morgan fingerprint density at radius 2 is 1.92 bits per heavy atom. The number of carbonyl (C=O) groups excluding carboxylic acids is 1. The van der Waals surface area contributed by atoms with Crippen molar-refractivity contribution in [3.05, 3.63) is 54.2 Å². The van der Waals surface area contributed by atoms with E-state index >= 15 is 0 Å². The van der Waals surface area contributed by atoms with Gasteiger partial charge in [0.05, 0.1) is 5.52 Å². The number of hydrogen-bond acceptors (Lipinski definition) is 2. The van der Waals surface area contributed by atoms with Crippen LogP contribution in [0.25, 0.3) is 22.0 Å². The van der Waals surface area contributed by atoms with Crippen molar-refractivity contribution >= 4 is 16.8 Å². The van der Waals surface area contributed by atoms with E-state index in [1.807, 2.05) is 23.2 Å². The summed E-state index contributed by atoms with van der Waals surface area (Å²) in [6.45, 7) is 1.66. The first-order valence-electron chi connectivity index (χ1n) is 8.24. The van der Waals surface area contributed by atoms with Crippen LogP contribution in [-0.4, -0.2) is 33.9 Å². The number of pyridine rings is 1. The number of aromatic nitrogens is 2. The quantitative estimate of drug-likeness (QED) is 0.775. The van der Waals surface area contributed by atoms with Crippen LogP contribution in [0.2, 0.25) is 0 Å². The van der Waals surface area contributed by atoms with Gasteiger partial charge in [-0.1, -0.05) is 0 Å². The predicted octanol–water partition coefficient (Wildman–Crippen LogP) is 4.00. The molecule has 0 unspecified atom stereocenters. The monoisotopic (exact) mass is 323 g/mol. The van der Waals surface area contributed by atoms with Gasteiger partial charge in [-0.05, 0) is 43.5 Å². The van der Waals surface area contributed by atoms with Crippen molar-refractivity contribution in [2.24, 2.45) is 0 Å². The largest absolute Gasteiger partial charge is 0.357 e. The summed E-state index contributed by atoms with van der Waals surface area (Å²) >= 11 is 0. The van der Waals surface area contributed by atoms with E-state index in [4.69, 9.17) is 0 Å². The first-order valence-corrected chi connectivity index (χ1v) is 8.24. The van der Waals surface area contributed by atoms with E-state index in [1.165, 1.54) is 18.6 Å². The number of rotatable bonds is 2. The van der Waals surface area contributed by atoms with Gasteiger partial charge in [0, 0.05) is 48.1 Å².